The molecule has 1 heterocycles. The summed E-state index contributed by atoms with van der Waals surface area (Å²) in [5.74, 6) is -3.58. The molecule has 1 saturated heterocycles. The van der Waals surface area contributed by atoms with Gasteiger partial charge in [0.1, 0.15) is 0 Å². The number of likely N-dealkylation sites (tertiary alicyclic amines) is 1. The van der Waals surface area contributed by atoms with E-state index in [1.165, 1.54) is 0 Å². The average Bonchev–Trinajstić information content (AvgIpc) is 2.24. The normalized spacial score (nSPS) is 23.9. The van der Waals surface area contributed by atoms with Crippen LogP contribution in [-0.2, 0) is 4.79 Å². The van der Waals surface area contributed by atoms with Crippen molar-refractivity contribution >= 4 is 5.91 Å². The zero-order chi connectivity index (χ0) is 14.1. The van der Waals surface area contributed by atoms with Crippen molar-refractivity contribution in [3.63, 3.8) is 0 Å². The van der Waals surface area contributed by atoms with Crippen molar-refractivity contribution in [2.45, 2.75) is 31.3 Å². The van der Waals surface area contributed by atoms with E-state index in [4.69, 9.17) is 5.11 Å². The molecule has 1 aliphatic heterocycles. The molecule has 0 aromatic carbocycles. The third-order valence-electron chi connectivity index (χ3n) is 2.77. The Kier molecular flexibility index (Phi) is 4.14. The first kappa shape index (κ1) is 15.1. The first-order chi connectivity index (χ1) is 8.03. The Morgan fingerprint density at radius 1 is 1.22 bits per heavy atom. The van der Waals surface area contributed by atoms with E-state index in [9.17, 15) is 31.1 Å². The van der Waals surface area contributed by atoms with Gasteiger partial charge in [-0.2, -0.15) is 26.3 Å². The van der Waals surface area contributed by atoms with E-state index < -0.39 is 36.8 Å². The predicted molar refractivity (Wildman–Crippen MR) is 47.4 cm³/mol. The minimum atomic E-state index is -5.11. The van der Waals surface area contributed by atoms with Crippen LogP contribution < -0.4 is 0 Å². The van der Waals surface area contributed by atoms with E-state index in [-0.39, 0.29) is 19.4 Å². The second kappa shape index (κ2) is 4.94. The predicted octanol–water partition coefficient (Wildman–Crippen LogP) is 1.71. The number of piperidine rings is 1. The topological polar surface area (TPSA) is 40.5 Å². The minimum Gasteiger partial charge on any atom is -0.383 e. The van der Waals surface area contributed by atoms with Gasteiger partial charge in [-0.25, -0.2) is 0 Å². The van der Waals surface area contributed by atoms with Crippen LogP contribution in [0.5, 0.6) is 0 Å². The third kappa shape index (κ3) is 3.50. The Morgan fingerprint density at radius 3 is 2.22 bits per heavy atom. The molecule has 3 nitrogen and oxygen atoms in total. The molecule has 0 spiro atoms. The quantitative estimate of drug-likeness (QED) is 0.742. The van der Waals surface area contributed by atoms with Gasteiger partial charge in [0.15, 0.2) is 6.10 Å². The number of halogens is 6. The number of carbonyl (C=O) groups excluding carboxylic acids is 1. The molecule has 0 radical (unpaired) electrons. The number of hydrogen-bond acceptors (Lipinski definition) is 2. The van der Waals surface area contributed by atoms with Gasteiger partial charge in [0.2, 0.25) is 0 Å². The molecule has 1 rings (SSSR count). The van der Waals surface area contributed by atoms with Crippen molar-refractivity contribution in [2.75, 3.05) is 13.1 Å². The summed E-state index contributed by atoms with van der Waals surface area (Å²) in [6, 6.07) is 0. The monoisotopic (exact) mass is 279 g/mol. The molecule has 0 aliphatic carbocycles. The maximum Gasteiger partial charge on any atom is 0.471 e. The number of rotatable bonds is 1. The summed E-state index contributed by atoms with van der Waals surface area (Å²) >= 11 is 0. The first-order valence-corrected chi connectivity index (χ1v) is 5.14. The fourth-order valence-corrected chi connectivity index (χ4v) is 1.90. The standard InChI is InChI=1S/C9H11F6NO2/c10-8(11,12)6(17)5-2-1-3-16(4-5)7(18)9(13,14)15/h5-6,17H,1-4H2. The van der Waals surface area contributed by atoms with Crippen molar-refractivity contribution in [2.24, 2.45) is 5.92 Å². The van der Waals surface area contributed by atoms with Crippen LogP contribution in [0.3, 0.4) is 0 Å². The van der Waals surface area contributed by atoms with E-state index in [1.54, 1.807) is 0 Å². The Balaban J connectivity index is 2.70. The van der Waals surface area contributed by atoms with Gasteiger partial charge < -0.3 is 10.0 Å². The molecule has 1 fully saturated rings. The van der Waals surface area contributed by atoms with Gasteiger partial charge in [0, 0.05) is 19.0 Å². The SMILES string of the molecule is O=C(N1CCCC(C(O)C(F)(F)F)C1)C(F)(F)F. The van der Waals surface area contributed by atoms with Crippen LogP contribution in [-0.4, -0.2) is 47.5 Å². The number of carbonyl (C=O) groups is 1. The summed E-state index contributed by atoms with van der Waals surface area (Å²) in [5, 5.41) is 8.97. The number of hydrogen-bond donors (Lipinski definition) is 1. The van der Waals surface area contributed by atoms with Crippen LogP contribution in [0.4, 0.5) is 26.3 Å². The summed E-state index contributed by atoms with van der Waals surface area (Å²) in [6.45, 7) is -0.988. The van der Waals surface area contributed by atoms with Gasteiger partial charge in [-0.15, -0.1) is 0 Å². The van der Waals surface area contributed by atoms with Gasteiger partial charge in [-0.05, 0) is 12.8 Å². The first-order valence-electron chi connectivity index (χ1n) is 5.14. The van der Waals surface area contributed by atoms with E-state index >= 15 is 0 Å². The highest BCUT2D eigenvalue weighted by atomic mass is 19.4. The van der Waals surface area contributed by atoms with Crippen molar-refractivity contribution in [3.05, 3.63) is 0 Å². The molecule has 1 N–H and O–H groups in total. The van der Waals surface area contributed by atoms with Crippen LogP contribution in [0.2, 0.25) is 0 Å². The van der Waals surface area contributed by atoms with Gasteiger partial charge in [-0.3, -0.25) is 4.79 Å². The lowest BCUT2D eigenvalue weighted by Crippen LogP contribution is -2.50. The van der Waals surface area contributed by atoms with Crippen LogP contribution in [0.1, 0.15) is 12.8 Å². The van der Waals surface area contributed by atoms with Crippen LogP contribution in [0, 0.1) is 5.92 Å². The van der Waals surface area contributed by atoms with Gasteiger partial charge in [0.05, 0.1) is 0 Å². The van der Waals surface area contributed by atoms with E-state index in [2.05, 4.69) is 0 Å². The lowest BCUT2D eigenvalue weighted by atomic mass is 9.92. The third-order valence-corrected chi connectivity index (χ3v) is 2.77. The molecule has 9 heteroatoms. The Bertz CT molecular complexity index is 313. The minimum absolute atomic E-state index is 0.000370. The molecule has 0 aromatic rings. The maximum atomic E-state index is 12.2. The number of nitrogens with zero attached hydrogens (tertiary/aromatic N) is 1. The molecule has 2 unspecified atom stereocenters. The molecular weight excluding hydrogens is 268 g/mol. The van der Waals surface area contributed by atoms with Crippen molar-refractivity contribution in [1.29, 1.82) is 0 Å². The van der Waals surface area contributed by atoms with Gasteiger partial charge in [-0.1, -0.05) is 0 Å². The zero-order valence-corrected chi connectivity index (χ0v) is 9.05. The summed E-state index contributed by atoms with van der Waals surface area (Å²) in [4.78, 5) is 11.2. The van der Waals surface area contributed by atoms with Crippen molar-refractivity contribution in [1.82, 2.24) is 4.90 Å². The highest BCUT2D eigenvalue weighted by molar-refractivity contribution is 5.81. The van der Waals surface area contributed by atoms with Crippen LogP contribution >= 0.6 is 0 Å². The average molecular weight is 279 g/mol. The highest BCUT2D eigenvalue weighted by Crippen LogP contribution is 2.32. The molecule has 18 heavy (non-hydrogen) atoms. The van der Waals surface area contributed by atoms with Gasteiger partial charge >= 0.3 is 18.3 Å². The molecule has 2 atom stereocenters. The van der Waals surface area contributed by atoms with Crippen LogP contribution in [0.25, 0.3) is 0 Å². The van der Waals surface area contributed by atoms with Crippen molar-refractivity contribution in [3.8, 4) is 0 Å². The highest BCUT2D eigenvalue weighted by Gasteiger charge is 2.48. The number of aliphatic hydroxyl groups excluding tert-OH is 1. The van der Waals surface area contributed by atoms with E-state index in [0.717, 1.165) is 0 Å². The molecule has 0 bridgehead atoms. The van der Waals surface area contributed by atoms with E-state index in [0.29, 0.717) is 4.90 Å². The van der Waals surface area contributed by atoms with Crippen molar-refractivity contribution < 1.29 is 36.2 Å². The smallest absolute Gasteiger partial charge is 0.383 e. The second-order valence-corrected chi connectivity index (χ2v) is 4.14. The number of amides is 1. The zero-order valence-electron chi connectivity index (χ0n) is 9.05. The molecule has 0 aromatic heterocycles. The Hall–Kier alpha value is -0.990. The lowest BCUT2D eigenvalue weighted by Gasteiger charge is -2.35. The van der Waals surface area contributed by atoms with Crippen LogP contribution in [0.15, 0.2) is 0 Å². The summed E-state index contributed by atoms with van der Waals surface area (Å²) < 4.78 is 73.0. The molecule has 1 aliphatic rings. The van der Waals surface area contributed by atoms with Gasteiger partial charge in [0.25, 0.3) is 0 Å². The fraction of sp³-hybridized carbons (Fsp3) is 0.889. The summed E-state index contributed by atoms with van der Waals surface area (Å²) in [6.07, 6.45) is -12.8. The Morgan fingerprint density at radius 2 is 1.78 bits per heavy atom. The summed E-state index contributed by atoms with van der Waals surface area (Å²) in [5.41, 5.74) is 0. The maximum absolute atomic E-state index is 12.2. The molecule has 106 valence electrons. The summed E-state index contributed by atoms with van der Waals surface area (Å²) in [7, 11) is 0. The fourth-order valence-electron chi connectivity index (χ4n) is 1.90. The molecule has 0 saturated carbocycles. The largest absolute Gasteiger partial charge is 0.471 e. The van der Waals surface area contributed by atoms with E-state index in [1.807, 2.05) is 0 Å². The lowest BCUT2D eigenvalue weighted by molar-refractivity contribution is -0.226. The Labute approximate surface area is 98.4 Å². The second-order valence-electron chi connectivity index (χ2n) is 4.14. The number of alkyl halides is 6. The molecule has 1 amide bonds. The molecular formula is C9H11F6NO2. The number of aliphatic hydroxyl groups is 1.